The highest BCUT2D eigenvalue weighted by Crippen LogP contribution is 2.35. The summed E-state index contributed by atoms with van der Waals surface area (Å²) >= 11 is 0. The van der Waals surface area contributed by atoms with E-state index in [-0.39, 0.29) is 59.3 Å². The Morgan fingerprint density at radius 1 is 1.00 bits per heavy atom. The molecule has 4 amide bonds. The molecule has 6 rings (SSSR count). The van der Waals surface area contributed by atoms with Crippen molar-refractivity contribution in [2.75, 3.05) is 6.54 Å². The molecule has 14 heteroatoms. The Morgan fingerprint density at radius 2 is 1.74 bits per heavy atom. The van der Waals surface area contributed by atoms with Gasteiger partial charge in [0.2, 0.25) is 23.5 Å². The van der Waals surface area contributed by atoms with Crippen LogP contribution in [0, 0.1) is 11.6 Å². The maximum absolute atomic E-state index is 15.3. The predicted molar refractivity (Wildman–Crippen MR) is 125 cm³/mol. The molecule has 3 aliphatic heterocycles. The van der Waals surface area contributed by atoms with Crippen LogP contribution in [-0.4, -0.2) is 66.1 Å². The van der Waals surface area contributed by atoms with Gasteiger partial charge in [-0.15, -0.1) is 0 Å². The first-order valence-electron chi connectivity index (χ1n) is 12.1. The van der Waals surface area contributed by atoms with Crippen molar-refractivity contribution in [3.8, 4) is 22.8 Å². The third kappa shape index (κ3) is 4.23. The summed E-state index contributed by atoms with van der Waals surface area (Å²) in [5.41, 5.74) is 0.462. The van der Waals surface area contributed by atoms with Gasteiger partial charge in [0.1, 0.15) is 17.6 Å². The van der Waals surface area contributed by atoms with Crippen LogP contribution in [0.15, 0.2) is 46.4 Å². The average Bonchev–Trinajstić information content (AvgIpc) is 3.48. The number of aromatic nitrogens is 4. The molecule has 0 bridgehead atoms. The molecule has 1 aromatic carbocycles. The molecule has 1 unspecified atom stereocenters. The van der Waals surface area contributed by atoms with Gasteiger partial charge in [-0.1, -0.05) is 11.2 Å². The molecule has 0 aliphatic carbocycles. The van der Waals surface area contributed by atoms with Gasteiger partial charge in [0.25, 0.3) is 11.8 Å². The van der Waals surface area contributed by atoms with Crippen LogP contribution in [0.5, 0.6) is 0 Å². The SMILES string of the molecule is O=C1CCC(N2C(=O)C3=C(C2=O)N(Cc2nc(-c4cccc(-c5ncc(F)cn5)c4F)no2)CCC3)C(=O)N1. The second-order valence-corrected chi connectivity index (χ2v) is 9.20. The van der Waals surface area contributed by atoms with Gasteiger partial charge in [0, 0.05) is 18.5 Å². The van der Waals surface area contributed by atoms with E-state index in [2.05, 4.69) is 25.4 Å². The summed E-state index contributed by atoms with van der Waals surface area (Å²) in [7, 11) is 0. The smallest absolute Gasteiger partial charge is 0.278 e. The van der Waals surface area contributed by atoms with Gasteiger partial charge in [-0.3, -0.25) is 29.4 Å². The fourth-order valence-corrected chi connectivity index (χ4v) is 4.98. The highest BCUT2D eigenvalue weighted by molar-refractivity contribution is 6.21. The number of imide groups is 2. The molecule has 1 fully saturated rings. The van der Waals surface area contributed by atoms with Gasteiger partial charge in [-0.05, 0) is 31.4 Å². The second kappa shape index (κ2) is 9.45. The fraction of sp³-hybridized carbons (Fsp3) is 0.280. The van der Waals surface area contributed by atoms with Crippen LogP contribution in [0.1, 0.15) is 31.6 Å². The number of nitrogens with one attached hydrogen (secondary N) is 1. The summed E-state index contributed by atoms with van der Waals surface area (Å²) < 4.78 is 33.8. The van der Waals surface area contributed by atoms with E-state index < -0.39 is 41.3 Å². The van der Waals surface area contributed by atoms with Crippen LogP contribution < -0.4 is 5.32 Å². The zero-order chi connectivity index (χ0) is 27.3. The quantitative estimate of drug-likeness (QED) is 0.476. The van der Waals surface area contributed by atoms with Crippen LogP contribution in [0.2, 0.25) is 0 Å². The first-order valence-corrected chi connectivity index (χ1v) is 12.1. The number of carbonyl (C=O) groups excluding carboxylic acids is 4. The van der Waals surface area contributed by atoms with Crippen LogP contribution >= 0.6 is 0 Å². The second-order valence-electron chi connectivity index (χ2n) is 9.20. The maximum atomic E-state index is 15.3. The largest absolute Gasteiger partial charge is 0.357 e. The van der Waals surface area contributed by atoms with Crippen molar-refractivity contribution in [1.29, 1.82) is 0 Å². The molecule has 0 spiro atoms. The van der Waals surface area contributed by atoms with E-state index in [1.165, 1.54) is 12.1 Å². The van der Waals surface area contributed by atoms with Gasteiger partial charge in [0.05, 0.1) is 30.1 Å². The van der Waals surface area contributed by atoms with Gasteiger partial charge < -0.3 is 9.42 Å². The summed E-state index contributed by atoms with van der Waals surface area (Å²) in [6.07, 6.45) is 2.87. The van der Waals surface area contributed by atoms with Crippen molar-refractivity contribution < 1.29 is 32.5 Å². The van der Waals surface area contributed by atoms with Crippen molar-refractivity contribution in [3.05, 3.63) is 59.4 Å². The number of rotatable bonds is 5. The maximum Gasteiger partial charge on any atom is 0.278 e. The number of hydrogen-bond donors (Lipinski definition) is 1. The molecule has 3 aliphatic rings. The summed E-state index contributed by atoms with van der Waals surface area (Å²) in [5, 5.41) is 6.04. The molecule has 39 heavy (non-hydrogen) atoms. The summed E-state index contributed by atoms with van der Waals surface area (Å²) in [6, 6.07) is 3.36. The number of nitrogens with zero attached hydrogens (tertiary/aromatic N) is 6. The van der Waals surface area contributed by atoms with Crippen LogP contribution in [-0.2, 0) is 25.7 Å². The Morgan fingerprint density at radius 3 is 2.49 bits per heavy atom. The molecule has 1 atom stereocenters. The van der Waals surface area contributed by atoms with E-state index in [0.717, 1.165) is 17.3 Å². The van der Waals surface area contributed by atoms with E-state index in [1.54, 1.807) is 11.0 Å². The highest BCUT2D eigenvalue weighted by atomic mass is 19.1. The Kier molecular flexibility index (Phi) is 5.93. The first kappa shape index (κ1) is 24.5. The lowest BCUT2D eigenvalue weighted by Crippen LogP contribution is -2.55. The van der Waals surface area contributed by atoms with Crippen LogP contribution in [0.3, 0.4) is 0 Å². The minimum absolute atomic E-state index is 0.00475. The minimum atomic E-state index is -1.06. The number of amides is 4. The Hall–Kier alpha value is -4.88. The Bertz CT molecular complexity index is 1570. The lowest BCUT2D eigenvalue weighted by molar-refractivity contribution is -0.150. The van der Waals surface area contributed by atoms with Crippen molar-refractivity contribution in [3.63, 3.8) is 0 Å². The number of carbonyl (C=O) groups is 4. The molecule has 5 heterocycles. The van der Waals surface area contributed by atoms with Crippen molar-refractivity contribution in [2.24, 2.45) is 0 Å². The molecule has 0 saturated carbocycles. The monoisotopic (exact) mass is 535 g/mol. The number of hydrogen-bond acceptors (Lipinski definition) is 10. The topological polar surface area (TPSA) is 151 Å². The number of piperidine rings is 1. The molecular formula is C25H19F2N7O5. The van der Waals surface area contributed by atoms with Gasteiger partial charge in [0.15, 0.2) is 11.6 Å². The van der Waals surface area contributed by atoms with Crippen LogP contribution in [0.4, 0.5) is 8.78 Å². The molecule has 12 nitrogen and oxygen atoms in total. The summed E-state index contributed by atoms with van der Waals surface area (Å²) in [6.45, 7) is 0.376. The molecule has 1 saturated heterocycles. The molecule has 2 aromatic heterocycles. The predicted octanol–water partition coefficient (Wildman–Crippen LogP) is 1.50. The van der Waals surface area contributed by atoms with Gasteiger partial charge in [-0.2, -0.15) is 4.98 Å². The van der Waals surface area contributed by atoms with E-state index in [9.17, 15) is 23.6 Å². The lowest BCUT2D eigenvalue weighted by atomic mass is 10.0. The minimum Gasteiger partial charge on any atom is -0.357 e. The van der Waals surface area contributed by atoms with E-state index >= 15 is 4.39 Å². The fourth-order valence-electron chi connectivity index (χ4n) is 4.98. The zero-order valence-electron chi connectivity index (χ0n) is 20.2. The van der Waals surface area contributed by atoms with E-state index in [0.29, 0.717) is 19.4 Å². The number of benzene rings is 1. The van der Waals surface area contributed by atoms with E-state index in [4.69, 9.17) is 4.52 Å². The number of halogens is 2. The van der Waals surface area contributed by atoms with E-state index in [1.807, 2.05) is 0 Å². The molecule has 198 valence electrons. The zero-order valence-corrected chi connectivity index (χ0v) is 20.2. The third-order valence-corrected chi connectivity index (χ3v) is 6.77. The molecular weight excluding hydrogens is 516 g/mol. The summed E-state index contributed by atoms with van der Waals surface area (Å²) in [4.78, 5) is 64.8. The third-order valence-electron chi connectivity index (χ3n) is 6.77. The van der Waals surface area contributed by atoms with Crippen LogP contribution in [0.25, 0.3) is 22.8 Å². The Labute approximate surface area is 218 Å². The first-order chi connectivity index (χ1) is 18.8. The van der Waals surface area contributed by atoms with Gasteiger partial charge in [-0.25, -0.2) is 18.7 Å². The molecule has 1 N–H and O–H groups in total. The van der Waals surface area contributed by atoms with Crippen molar-refractivity contribution >= 4 is 23.6 Å². The lowest BCUT2D eigenvalue weighted by Gasteiger charge is -2.29. The summed E-state index contributed by atoms with van der Waals surface area (Å²) in [5.74, 6) is -3.70. The average molecular weight is 535 g/mol. The Balaban J connectivity index is 1.24. The van der Waals surface area contributed by atoms with Crippen molar-refractivity contribution in [1.82, 2.24) is 35.2 Å². The normalized spacial score (nSPS) is 19.6. The van der Waals surface area contributed by atoms with Crippen molar-refractivity contribution in [2.45, 2.75) is 38.3 Å². The standard InChI is InChI=1S/C25H19F2N7O5/c26-12-9-28-21(29-10-12)13-3-1-4-14(19(13)27)22-31-18(39-32-22)11-33-8-2-5-15-20(33)25(38)34(24(15)37)16-6-7-17(35)30-23(16)36/h1,3-4,9-10,16H,2,5-8,11H2,(H,30,35,36). The molecule has 3 aromatic rings. The van der Waals surface area contributed by atoms with Gasteiger partial charge >= 0.3 is 0 Å². The molecule has 0 radical (unpaired) electrons. The highest BCUT2D eigenvalue weighted by Gasteiger charge is 2.48.